The zero-order valence-electron chi connectivity index (χ0n) is 25.2. The first-order valence-corrected chi connectivity index (χ1v) is 15.8. The molecular weight excluding hydrogens is 640 g/mol. The maximum Gasteiger partial charge on any atom is 0.451 e. The highest BCUT2D eigenvalue weighted by atomic mass is 35.5. The van der Waals surface area contributed by atoms with Crippen LogP contribution in [0, 0.1) is 11.7 Å². The molecule has 0 aliphatic carbocycles. The van der Waals surface area contributed by atoms with Gasteiger partial charge in [0, 0.05) is 49.2 Å². The molecule has 2 saturated heterocycles. The van der Waals surface area contributed by atoms with E-state index < -0.39 is 17.8 Å². The van der Waals surface area contributed by atoms with E-state index in [-0.39, 0.29) is 17.8 Å². The number of alkyl halides is 3. The van der Waals surface area contributed by atoms with E-state index in [1.165, 1.54) is 0 Å². The number of H-pyrrole nitrogens is 1. The minimum Gasteiger partial charge on any atom is -0.472 e. The van der Waals surface area contributed by atoms with Crippen LogP contribution >= 0.6 is 11.6 Å². The summed E-state index contributed by atoms with van der Waals surface area (Å²) >= 11 is 5.98. The molecular formula is C32H31ClF4N8O2. The summed E-state index contributed by atoms with van der Waals surface area (Å²) in [6.45, 7) is 4.07. The molecule has 0 radical (unpaired) electrons. The molecule has 15 heteroatoms. The summed E-state index contributed by atoms with van der Waals surface area (Å²) in [5, 5.41) is 7.59. The van der Waals surface area contributed by atoms with E-state index in [1.807, 2.05) is 18.2 Å². The third kappa shape index (κ3) is 7.24. The van der Waals surface area contributed by atoms with Gasteiger partial charge in [0.25, 0.3) is 5.88 Å². The maximum absolute atomic E-state index is 14.6. The molecule has 5 aromatic rings. The number of benzene rings is 2. The molecule has 2 fully saturated rings. The number of nitrogens with one attached hydrogen (secondary N) is 1. The van der Waals surface area contributed by atoms with E-state index in [9.17, 15) is 17.6 Å². The van der Waals surface area contributed by atoms with Gasteiger partial charge in [-0.15, -0.1) is 10.2 Å². The van der Waals surface area contributed by atoms with Crippen molar-refractivity contribution in [2.75, 3.05) is 26.3 Å². The van der Waals surface area contributed by atoms with E-state index in [1.54, 1.807) is 24.3 Å². The van der Waals surface area contributed by atoms with Gasteiger partial charge in [-0.1, -0.05) is 23.7 Å². The summed E-state index contributed by atoms with van der Waals surface area (Å²) in [4.78, 5) is 18.0. The number of aromatic amines is 1. The van der Waals surface area contributed by atoms with Crippen LogP contribution in [0.25, 0.3) is 22.4 Å². The molecule has 1 N–H and O–H groups in total. The van der Waals surface area contributed by atoms with Crippen LogP contribution in [-0.2, 0) is 30.4 Å². The first-order chi connectivity index (χ1) is 22.7. The lowest BCUT2D eigenvalue weighted by Crippen LogP contribution is -2.38. The molecule has 47 heavy (non-hydrogen) atoms. The number of ether oxygens (including phenoxy) is 2. The van der Waals surface area contributed by atoms with Crippen molar-refractivity contribution in [1.82, 2.24) is 39.6 Å². The Kier molecular flexibility index (Phi) is 8.81. The Labute approximate surface area is 272 Å². The van der Waals surface area contributed by atoms with Gasteiger partial charge in [0.1, 0.15) is 17.8 Å². The smallest absolute Gasteiger partial charge is 0.451 e. The monoisotopic (exact) mass is 670 g/mol. The molecule has 2 aromatic carbocycles. The fraction of sp³-hybridized carbons (Fsp3) is 0.406. The van der Waals surface area contributed by atoms with Gasteiger partial charge in [-0.3, -0.25) is 4.90 Å². The van der Waals surface area contributed by atoms with Crippen LogP contribution in [0.5, 0.6) is 5.88 Å². The standard InChI is InChI=1S/C32H31ClF4N8O2/c33-22-4-1-19(2-5-22)13-27-38-15-24(34)30(40-27)47-23-7-10-44(11-8-23)17-28-39-25-14-21(29-41-31(43-42-29)32(35,36)37)3-6-26(25)45(28)16-20-9-12-46-18-20/h1-6,14-15,20,23H,7-13,16-18H2,(H,41,42,43)/t20-/m1/s1. The molecule has 0 unspecified atom stereocenters. The van der Waals surface area contributed by atoms with Gasteiger partial charge in [0.2, 0.25) is 11.6 Å². The largest absolute Gasteiger partial charge is 0.472 e. The second kappa shape index (κ2) is 13.2. The fourth-order valence-corrected chi connectivity index (χ4v) is 6.16. The van der Waals surface area contributed by atoms with Crippen LogP contribution in [0.3, 0.4) is 0 Å². The van der Waals surface area contributed by atoms with E-state index in [0.717, 1.165) is 36.1 Å². The van der Waals surface area contributed by atoms with Crippen molar-refractivity contribution in [3.05, 3.63) is 82.5 Å². The normalized spacial score (nSPS) is 17.9. The van der Waals surface area contributed by atoms with Crippen molar-refractivity contribution in [3.8, 4) is 17.3 Å². The first-order valence-electron chi connectivity index (χ1n) is 15.4. The van der Waals surface area contributed by atoms with Crippen molar-refractivity contribution in [2.24, 2.45) is 5.92 Å². The lowest BCUT2D eigenvalue weighted by Gasteiger charge is -2.31. The molecule has 10 nitrogen and oxygen atoms in total. The number of fused-ring (bicyclic) bond motifs is 1. The minimum atomic E-state index is -4.62. The average Bonchev–Trinajstić information content (AvgIpc) is 3.82. The third-order valence-corrected chi connectivity index (χ3v) is 8.79. The fourth-order valence-electron chi connectivity index (χ4n) is 6.04. The van der Waals surface area contributed by atoms with Gasteiger partial charge >= 0.3 is 6.18 Å². The topological polar surface area (TPSA) is 107 Å². The lowest BCUT2D eigenvalue weighted by molar-refractivity contribution is -0.144. The SMILES string of the molecule is Fc1cnc(Cc2ccc(Cl)cc2)nc1OC1CCN(Cc2nc3cc(-c4nnc(C(F)(F)F)[nH]4)ccc3n2C[C@H]2CCOC2)CC1. The molecule has 3 aromatic heterocycles. The van der Waals surface area contributed by atoms with Crippen molar-refractivity contribution < 1.29 is 27.0 Å². The summed E-state index contributed by atoms with van der Waals surface area (Å²) in [7, 11) is 0. The zero-order valence-corrected chi connectivity index (χ0v) is 25.9. The number of piperidine rings is 1. The number of likely N-dealkylation sites (tertiary alicyclic amines) is 1. The number of hydrogen-bond acceptors (Lipinski definition) is 8. The molecule has 2 aliphatic heterocycles. The highest BCUT2D eigenvalue weighted by molar-refractivity contribution is 6.30. The Morgan fingerprint density at radius 1 is 1.02 bits per heavy atom. The minimum absolute atomic E-state index is 0.0267. The number of nitrogens with zero attached hydrogens (tertiary/aromatic N) is 7. The number of imidazole rings is 1. The van der Waals surface area contributed by atoms with Gasteiger partial charge < -0.3 is 19.0 Å². The Bertz CT molecular complexity index is 1850. The maximum atomic E-state index is 14.6. The van der Waals surface area contributed by atoms with E-state index in [0.29, 0.717) is 80.0 Å². The lowest BCUT2D eigenvalue weighted by atomic mass is 10.1. The molecule has 0 saturated carbocycles. The Morgan fingerprint density at radius 3 is 2.55 bits per heavy atom. The van der Waals surface area contributed by atoms with Crippen molar-refractivity contribution in [1.29, 1.82) is 0 Å². The van der Waals surface area contributed by atoms with Crippen LogP contribution in [0.2, 0.25) is 5.02 Å². The first kappa shape index (κ1) is 31.5. The molecule has 2 aliphatic rings. The number of aromatic nitrogens is 7. The predicted molar refractivity (Wildman–Crippen MR) is 164 cm³/mol. The molecule has 5 heterocycles. The van der Waals surface area contributed by atoms with Gasteiger partial charge in [0.05, 0.1) is 30.4 Å². The zero-order chi connectivity index (χ0) is 32.5. The van der Waals surface area contributed by atoms with Crippen LogP contribution in [0.4, 0.5) is 17.6 Å². The van der Waals surface area contributed by atoms with Crippen molar-refractivity contribution in [2.45, 2.75) is 51.1 Å². The van der Waals surface area contributed by atoms with E-state index in [2.05, 4.69) is 34.6 Å². The van der Waals surface area contributed by atoms with Gasteiger partial charge in [-0.05, 0) is 55.2 Å². The summed E-state index contributed by atoms with van der Waals surface area (Å²) in [5.41, 5.74) is 2.97. The van der Waals surface area contributed by atoms with E-state index in [4.69, 9.17) is 26.1 Å². The average molecular weight is 671 g/mol. The number of hydrogen-bond donors (Lipinski definition) is 1. The second-order valence-electron chi connectivity index (χ2n) is 11.9. The molecule has 0 amide bonds. The van der Waals surface area contributed by atoms with Crippen LogP contribution in [0.1, 0.15) is 42.3 Å². The third-order valence-electron chi connectivity index (χ3n) is 8.54. The second-order valence-corrected chi connectivity index (χ2v) is 12.4. The summed E-state index contributed by atoms with van der Waals surface area (Å²) < 4.78 is 67.7. The van der Waals surface area contributed by atoms with Gasteiger partial charge in [0.15, 0.2) is 5.82 Å². The van der Waals surface area contributed by atoms with Crippen LogP contribution in [0.15, 0.2) is 48.7 Å². The number of halogens is 5. The van der Waals surface area contributed by atoms with Crippen molar-refractivity contribution in [3.63, 3.8) is 0 Å². The molecule has 0 bridgehead atoms. The Hall–Kier alpha value is -4.14. The quantitative estimate of drug-likeness (QED) is 0.188. The highest BCUT2D eigenvalue weighted by Gasteiger charge is 2.35. The van der Waals surface area contributed by atoms with Gasteiger partial charge in [-0.25, -0.2) is 9.97 Å². The molecule has 7 rings (SSSR count). The summed E-state index contributed by atoms with van der Waals surface area (Å²) in [6, 6.07) is 12.7. The predicted octanol–water partition coefficient (Wildman–Crippen LogP) is 6.09. The highest BCUT2D eigenvalue weighted by Crippen LogP contribution is 2.30. The molecule has 246 valence electrons. The summed E-state index contributed by atoms with van der Waals surface area (Å²) in [5.74, 6) is -0.122. The summed E-state index contributed by atoms with van der Waals surface area (Å²) in [6.07, 6.45) is -0.970. The van der Waals surface area contributed by atoms with Gasteiger partial charge in [-0.2, -0.15) is 22.5 Å². The van der Waals surface area contributed by atoms with Crippen LogP contribution < -0.4 is 4.74 Å². The van der Waals surface area contributed by atoms with E-state index >= 15 is 0 Å². The van der Waals surface area contributed by atoms with Crippen molar-refractivity contribution >= 4 is 22.6 Å². The van der Waals surface area contributed by atoms with Crippen LogP contribution in [-0.4, -0.2) is 72.0 Å². The Morgan fingerprint density at radius 2 is 1.83 bits per heavy atom. The molecule has 0 spiro atoms. The Balaban J connectivity index is 1.04. The molecule has 1 atom stereocenters. The number of rotatable bonds is 9.